The molecule has 0 atom stereocenters. The molecule has 106 valence electrons. The summed E-state index contributed by atoms with van der Waals surface area (Å²) in [5, 5.41) is 5.20. The van der Waals surface area contributed by atoms with Crippen LogP contribution < -0.4 is 5.32 Å². The molecule has 2 rings (SSSR count). The standard InChI is InChI=1S/C16H23Cl2N/c1-16(2)9-6-12(7-10-16)19-11-8-13-14(17)4-3-5-15(13)18/h3-5,12,19H,6-11H2,1-2H3. The normalized spacial score (nSPS) is 19.6. The van der Waals surface area contributed by atoms with Gasteiger partial charge >= 0.3 is 0 Å². The summed E-state index contributed by atoms with van der Waals surface area (Å²) in [6.45, 7) is 5.69. The Morgan fingerprint density at radius 3 is 2.32 bits per heavy atom. The molecule has 0 amide bonds. The van der Waals surface area contributed by atoms with Crippen LogP contribution in [-0.2, 0) is 6.42 Å². The molecule has 0 bridgehead atoms. The molecule has 0 aliphatic heterocycles. The van der Waals surface area contributed by atoms with Gasteiger partial charge in [-0.25, -0.2) is 0 Å². The first-order valence-electron chi connectivity index (χ1n) is 7.14. The zero-order chi connectivity index (χ0) is 13.9. The van der Waals surface area contributed by atoms with E-state index in [0.717, 1.165) is 28.6 Å². The molecule has 1 fully saturated rings. The van der Waals surface area contributed by atoms with Crippen molar-refractivity contribution < 1.29 is 0 Å². The smallest absolute Gasteiger partial charge is 0.0453 e. The minimum absolute atomic E-state index is 0.532. The van der Waals surface area contributed by atoms with E-state index in [2.05, 4.69) is 19.2 Å². The lowest BCUT2D eigenvalue weighted by Crippen LogP contribution is -2.36. The highest BCUT2D eigenvalue weighted by Crippen LogP contribution is 2.35. The molecule has 1 aliphatic rings. The van der Waals surface area contributed by atoms with E-state index in [9.17, 15) is 0 Å². The van der Waals surface area contributed by atoms with E-state index in [1.165, 1.54) is 25.7 Å². The molecular formula is C16H23Cl2N. The van der Waals surface area contributed by atoms with Crippen molar-refractivity contribution in [2.75, 3.05) is 6.54 Å². The lowest BCUT2D eigenvalue weighted by molar-refractivity contribution is 0.207. The van der Waals surface area contributed by atoms with Crippen LogP contribution in [0.1, 0.15) is 45.1 Å². The highest BCUT2D eigenvalue weighted by Gasteiger charge is 2.26. The van der Waals surface area contributed by atoms with Crippen LogP contribution in [-0.4, -0.2) is 12.6 Å². The predicted octanol–water partition coefficient (Wildman–Crippen LogP) is 5.09. The second-order valence-corrected chi connectivity index (χ2v) is 7.16. The average Bonchev–Trinajstić information content (AvgIpc) is 2.35. The van der Waals surface area contributed by atoms with Gasteiger partial charge in [-0.05, 0) is 61.8 Å². The van der Waals surface area contributed by atoms with Crippen molar-refractivity contribution in [2.24, 2.45) is 5.41 Å². The lowest BCUT2D eigenvalue weighted by Gasteiger charge is -2.34. The monoisotopic (exact) mass is 299 g/mol. The molecule has 0 unspecified atom stereocenters. The van der Waals surface area contributed by atoms with Crippen molar-refractivity contribution in [1.82, 2.24) is 5.32 Å². The van der Waals surface area contributed by atoms with E-state index in [1.807, 2.05) is 18.2 Å². The lowest BCUT2D eigenvalue weighted by atomic mass is 9.75. The molecule has 1 aliphatic carbocycles. The quantitative estimate of drug-likeness (QED) is 0.816. The van der Waals surface area contributed by atoms with Crippen LogP contribution in [0.15, 0.2) is 18.2 Å². The molecule has 1 saturated carbocycles. The molecular weight excluding hydrogens is 277 g/mol. The number of benzene rings is 1. The van der Waals surface area contributed by atoms with Gasteiger partial charge in [-0.2, -0.15) is 0 Å². The van der Waals surface area contributed by atoms with Crippen LogP contribution in [0.3, 0.4) is 0 Å². The predicted molar refractivity (Wildman–Crippen MR) is 84.2 cm³/mol. The molecule has 0 aromatic heterocycles. The zero-order valence-corrected chi connectivity index (χ0v) is 13.3. The summed E-state index contributed by atoms with van der Waals surface area (Å²) in [7, 11) is 0. The maximum Gasteiger partial charge on any atom is 0.0453 e. The Morgan fingerprint density at radius 2 is 1.74 bits per heavy atom. The summed E-state index contributed by atoms with van der Waals surface area (Å²) >= 11 is 12.4. The fourth-order valence-corrected chi connectivity index (χ4v) is 3.36. The number of rotatable bonds is 4. The number of hydrogen-bond acceptors (Lipinski definition) is 1. The molecule has 0 spiro atoms. The highest BCUT2D eigenvalue weighted by molar-refractivity contribution is 6.35. The summed E-state index contributed by atoms with van der Waals surface area (Å²) in [6, 6.07) is 6.37. The first kappa shape index (κ1) is 15.2. The minimum atomic E-state index is 0.532. The fourth-order valence-electron chi connectivity index (χ4n) is 2.78. The third-order valence-electron chi connectivity index (χ3n) is 4.21. The van der Waals surface area contributed by atoms with Gasteiger partial charge in [0.2, 0.25) is 0 Å². The van der Waals surface area contributed by atoms with E-state index in [4.69, 9.17) is 23.2 Å². The summed E-state index contributed by atoms with van der Waals surface area (Å²) in [5.74, 6) is 0. The van der Waals surface area contributed by atoms with Crippen LogP contribution in [0.4, 0.5) is 0 Å². The Hall–Kier alpha value is -0.240. The minimum Gasteiger partial charge on any atom is -0.314 e. The van der Waals surface area contributed by atoms with Crippen LogP contribution in [0.25, 0.3) is 0 Å². The Kier molecular flexibility index (Phi) is 5.16. The van der Waals surface area contributed by atoms with Gasteiger partial charge in [0.25, 0.3) is 0 Å². The van der Waals surface area contributed by atoms with Crippen molar-refractivity contribution in [3.05, 3.63) is 33.8 Å². The first-order chi connectivity index (χ1) is 8.98. The van der Waals surface area contributed by atoms with Crippen molar-refractivity contribution in [3.63, 3.8) is 0 Å². The van der Waals surface area contributed by atoms with E-state index < -0.39 is 0 Å². The maximum atomic E-state index is 6.18. The fraction of sp³-hybridized carbons (Fsp3) is 0.625. The summed E-state index contributed by atoms with van der Waals surface area (Å²) < 4.78 is 0. The molecule has 0 saturated heterocycles. The molecule has 1 aromatic rings. The van der Waals surface area contributed by atoms with E-state index >= 15 is 0 Å². The van der Waals surface area contributed by atoms with Gasteiger partial charge in [0.05, 0.1) is 0 Å². The molecule has 3 heteroatoms. The zero-order valence-electron chi connectivity index (χ0n) is 11.8. The third-order valence-corrected chi connectivity index (χ3v) is 4.92. The first-order valence-corrected chi connectivity index (χ1v) is 7.90. The molecule has 1 aromatic carbocycles. The van der Waals surface area contributed by atoms with Crippen LogP contribution >= 0.6 is 23.2 Å². The van der Waals surface area contributed by atoms with Gasteiger partial charge in [0, 0.05) is 16.1 Å². The van der Waals surface area contributed by atoms with Crippen LogP contribution in [0.5, 0.6) is 0 Å². The Balaban J connectivity index is 1.78. The largest absolute Gasteiger partial charge is 0.314 e. The second kappa shape index (κ2) is 6.47. The number of halogens is 2. The van der Waals surface area contributed by atoms with Gasteiger partial charge in [0.1, 0.15) is 0 Å². The molecule has 1 nitrogen and oxygen atoms in total. The summed E-state index contributed by atoms with van der Waals surface area (Å²) in [5.41, 5.74) is 1.60. The van der Waals surface area contributed by atoms with Crippen molar-refractivity contribution >= 4 is 23.2 Å². The summed E-state index contributed by atoms with van der Waals surface area (Å²) in [4.78, 5) is 0. The maximum absolute atomic E-state index is 6.18. The van der Waals surface area contributed by atoms with Crippen LogP contribution in [0, 0.1) is 5.41 Å². The van der Waals surface area contributed by atoms with E-state index in [1.54, 1.807) is 0 Å². The van der Waals surface area contributed by atoms with Gasteiger partial charge in [-0.3, -0.25) is 0 Å². The Labute approximate surface area is 126 Å². The van der Waals surface area contributed by atoms with Crippen molar-refractivity contribution in [1.29, 1.82) is 0 Å². The topological polar surface area (TPSA) is 12.0 Å². The molecule has 0 radical (unpaired) electrons. The van der Waals surface area contributed by atoms with Crippen molar-refractivity contribution in [2.45, 2.75) is 52.0 Å². The van der Waals surface area contributed by atoms with Crippen molar-refractivity contribution in [3.8, 4) is 0 Å². The highest BCUT2D eigenvalue weighted by atomic mass is 35.5. The van der Waals surface area contributed by atoms with Gasteiger partial charge in [0.15, 0.2) is 0 Å². The molecule has 19 heavy (non-hydrogen) atoms. The number of nitrogens with one attached hydrogen (secondary N) is 1. The molecule has 0 heterocycles. The summed E-state index contributed by atoms with van der Waals surface area (Å²) in [6.07, 6.45) is 6.10. The Morgan fingerprint density at radius 1 is 1.16 bits per heavy atom. The van der Waals surface area contributed by atoms with Gasteiger partial charge < -0.3 is 5.32 Å². The Bertz CT molecular complexity index is 399. The average molecular weight is 300 g/mol. The molecule has 1 N–H and O–H groups in total. The third kappa shape index (κ3) is 4.37. The van der Waals surface area contributed by atoms with Gasteiger partial charge in [-0.15, -0.1) is 0 Å². The van der Waals surface area contributed by atoms with E-state index in [0.29, 0.717) is 11.5 Å². The van der Waals surface area contributed by atoms with E-state index in [-0.39, 0.29) is 0 Å². The second-order valence-electron chi connectivity index (χ2n) is 6.34. The SMILES string of the molecule is CC1(C)CCC(NCCc2c(Cl)cccc2Cl)CC1. The van der Waals surface area contributed by atoms with Crippen LogP contribution in [0.2, 0.25) is 10.0 Å². The number of hydrogen-bond donors (Lipinski definition) is 1. The van der Waals surface area contributed by atoms with Gasteiger partial charge in [-0.1, -0.05) is 43.1 Å².